The van der Waals surface area contributed by atoms with Crippen LogP contribution in [0, 0.1) is 0 Å². The molecule has 0 saturated carbocycles. The number of nitrogens with one attached hydrogen (secondary N) is 1. The number of hydrogen-bond acceptors (Lipinski definition) is 4. The average molecular weight is 433 g/mol. The van der Waals surface area contributed by atoms with Crippen molar-refractivity contribution in [1.29, 1.82) is 0 Å². The van der Waals surface area contributed by atoms with Crippen molar-refractivity contribution in [2.24, 2.45) is 0 Å². The second kappa shape index (κ2) is 10.5. The first-order valence-electron chi connectivity index (χ1n) is 10.1. The van der Waals surface area contributed by atoms with E-state index in [-0.39, 0.29) is 5.91 Å². The van der Waals surface area contributed by atoms with Crippen LogP contribution in [-0.4, -0.2) is 40.3 Å². The van der Waals surface area contributed by atoms with E-state index >= 15 is 0 Å². The molecule has 0 radical (unpaired) electrons. The van der Waals surface area contributed by atoms with Crippen molar-refractivity contribution >= 4 is 21.6 Å². The van der Waals surface area contributed by atoms with Crippen molar-refractivity contribution < 1.29 is 17.9 Å². The minimum atomic E-state index is -3.32. The molecular weight excluding hydrogens is 400 g/mol. The van der Waals surface area contributed by atoms with E-state index in [0.717, 1.165) is 19.1 Å². The number of hydrogen-bond donors (Lipinski definition) is 1. The van der Waals surface area contributed by atoms with E-state index in [4.69, 9.17) is 4.74 Å². The van der Waals surface area contributed by atoms with E-state index < -0.39 is 16.1 Å². The smallest absolute Gasteiger partial charge is 0.260 e. The number of amides is 1. The normalized spacial score (nSPS) is 12.5. The van der Waals surface area contributed by atoms with Crippen molar-refractivity contribution in [2.45, 2.75) is 45.6 Å². The zero-order valence-corrected chi connectivity index (χ0v) is 19.2. The molecule has 1 atom stereocenters. The van der Waals surface area contributed by atoms with Gasteiger partial charge in [-0.25, -0.2) is 8.42 Å². The van der Waals surface area contributed by atoms with Crippen LogP contribution < -0.4 is 14.4 Å². The summed E-state index contributed by atoms with van der Waals surface area (Å²) in [5, 5.41) is 2.90. The first-order chi connectivity index (χ1) is 14.1. The lowest BCUT2D eigenvalue weighted by Crippen LogP contribution is -2.36. The first kappa shape index (κ1) is 23.7. The van der Waals surface area contributed by atoms with Crippen LogP contribution in [0.5, 0.6) is 5.75 Å². The van der Waals surface area contributed by atoms with Gasteiger partial charge in [0.15, 0.2) is 6.10 Å². The highest BCUT2D eigenvalue weighted by Gasteiger charge is 2.15. The van der Waals surface area contributed by atoms with E-state index in [9.17, 15) is 13.2 Å². The lowest BCUT2D eigenvalue weighted by molar-refractivity contribution is -0.127. The molecule has 2 aromatic rings. The van der Waals surface area contributed by atoms with Gasteiger partial charge in [-0.05, 0) is 61.1 Å². The highest BCUT2D eigenvalue weighted by molar-refractivity contribution is 7.92. The summed E-state index contributed by atoms with van der Waals surface area (Å²) < 4.78 is 30.0. The summed E-state index contributed by atoms with van der Waals surface area (Å²) in [4.78, 5) is 12.3. The van der Waals surface area contributed by atoms with Gasteiger partial charge in [0, 0.05) is 13.6 Å². The summed E-state index contributed by atoms with van der Waals surface area (Å²) in [6.07, 6.45) is 2.26. The van der Waals surface area contributed by atoms with Crippen molar-refractivity contribution in [1.82, 2.24) is 5.32 Å². The molecule has 6 nitrogen and oxygen atoms in total. The first-order valence-corrected chi connectivity index (χ1v) is 12.0. The van der Waals surface area contributed by atoms with Crippen LogP contribution in [0.4, 0.5) is 5.69 Å². The lowest BCUT2D eigenvalue weighted by Gasteiger charge is -2.18. The van der Waals surface area contributed by atoms with Gasteiger partial charge in [-0.2, -0.15) is 0 Å². The molecule has 30 heavy (non-hydrogen) atoms. The van der Waals surface area contributed by atoms with E-state index in [1.807, 2.05) is 0 Å². The minimum Gasteiger partial charge on any atom is -0.481 e. The van der Waals surface area contributed by atoms with Gasteiger partial charge in [0.25, 0.3) is 5.91 Å². The number of ether oxygens (including phenoxy) is 1. The summed E-state index contributed by atoms with van der Waals surface area (Å²) in [6.45, 7) is 6.62. The molecule has 0 aliphatic rings. The van der Waals surface area contributed by atoms with Crippen molar-refractivity contribution in [2.75, 3.05) is 24.2 Å². The highest BCUT2D eigenvalue weighted by Crippen LogP contribution is 2.21. The second-order valence-electron chi connectivity index (χ2n) is 7.78. The molecule has 0 spiro atoms. The molecule has 0 aliphatic heterocycles. The van der Waals surface area contributed by atoms with E-state index in [1.54, 1.807) is 31.2 Å². The summed E-state index contributed by atoms with van der Waals surface area (Å²) >= 11 is 0. The number of sulfonamides is 1. The molecule has 7 heteroatoms. The molecule has 2 aromatic carbocycles. The maximum Gasteiger partial charge on any atom is 0.260 e. The summed E-state index contributed by atoms with van der Waals surface area (Å²) in [7, 11) is -1.83. The number of rotatable bonds is 10. The fourth-order valence-corrected chi connectivity index (χ4v) is 3.41. The molecule has 0 heterocycles. The van der Waals surface area contributed by atoms with Gasteiger partial charge in [0.2, 0.25) is 10.0 Å². The molecular formula is C23H32N2O4S. The predicted molar refractivity (Wildman–Crippen MR) is 122 cm³/mol. The van der Waals surface area contributed by atoms with Crippen molar-refractivity contribution in [3.05, 3.63) is 59.7 Å². The van der Waals surface area contributed by atoms with Gasteiger partial charge in [-0.15, -0.1) is 0 Å². The molecule has 0 bridgehead atoms. The van der Waals surface area contributed by atoms with Crippen molar-refractivity contribution in [3.63, 3.8) is 0 Å². The zero-order valence-electron chi connectivity index (χ0n) is 18.4. The molecule has 1 amide bonds. The SMILES string of the molecule is CC(C)c1ccc(CCCNC(=O)[C@@H](C)Oc2ccc(N(C)S(C)(=O)=O)cc2)cc1. The van der Waals surface area contributed by atoms with Gasteiger partial charge in [-0.1, -0.05) is 38.1 Å². The van der Waals surface area contributed by atoms with Crippen LogP contribution in [0.1, 0.15) is 44.2 Å². The molecule has 0 aliphatic carbocycles. The fraction of sp³-hybridized carbons (Fsp3) is 0.435. The van der Waals surface area contributed by atoms with E-state index in [0.29, 0.717) is 23.9 Å². The van der Waals surface area contributed by atoms with Gasteiger partial charge in [0.1, 0.15) is 5.75 Å². The number of anilines is 1. The van der Waals surface area contributed by atoms with Gasteiger partial charge in [-0.3, -0.25) is 9.10 Å². The maximum atomic E-state index is 12.3. The lowest BCUT2D eigenvalue weighted by atomic mass is 10.0. The van der Waals surface area contributed by atoms with Crippen LogP contribution in [0.3, 0.4) is 0 Å². The summed E-state index contributed by atoms with van der Waals surface area (Å²) in [5.74, 6) is 0.854. The molecule has 0 fully saturated rings. The van der Waals surface area contributed by atoms with Crippen LogP contribution >= 0.6 is 0 Å². The van der Waals surface area contributed by atoms with E-state index in [2.05, 4.69) is 43.4 Å². The second-order valence-corrected chi connectivity index (χ2v) is 9.79. The van der Waals surface area contributed by atoms with Gasteiger partial charge >= 0.3 is 0 Å². The maximum absolute atomic E-state index is 12.3. The molecule has 0 aromatic heterocycles. The largest absolute Gasteiger partial charge is 0.481 e. The Hall–Kier alpha value is -2.54. The molecule has 164 valence electrons. The Bertz CT molecular complexity index is 923. The molecule has 1 N–H and O–H groups in total. The Kier molecular flexibility index (Phi) is 8.29. The van der Waals surface area contributed by atoms with Crippen LogP contribution in [0.15, 0.2) is 48.5 Å². The van der Waals surface area contributed by atoms with Crippen molar-refractivity contribution in [3.8, 4) is 5.75 Å². The fourth-order valence-electron chi connectivity index (χ4n) is 2.90. The third kappa shape index (κ3) is 7.06. The van der Waals surface area contributed by atoms with E-state index in [1.165, 1.54) is 22.5 Å². The number of carbonyl (C=O) groups is 1. The Labute approximate surface area is 180 Å². The van der Waals surface area contributed by atoms with Gasteiger partial charge in [0.05, 0.1) is 11.9 Å². The molecule has 0 unspecified atom stereocenters. The van der Waals surface area contributed by atoms with Gasteiger partial charge < -0.3 is 10.1 Å². The highest BCUT2D eigenvalue weighted by atomic mass is 32.2. The number of benzene rings is 2. The Balaban J connectivity index is 1.76. The van der Waals surface area contributed by atoms with Crippen LogP contribution in [-0.2, 0) is 21.2 Å². The van der Waals surface area contributed by atoms with Crippen LogP contribution in [0.2, 0.25) is 0 Å². The standard InChI is InChI=1S/C23H32N2O4S/c1-17(2)20-10-8-19(9-11-20)7-6-16-24-23(26)18(3)29-22-14-12-21(13-15-22)25(4)30(5,27)28/h8-15,17-18H,6-7,16H2,1-5H3,(H,24,26)/t18-/m1/s1. The quantitative estimate of drug-likeness (QED) is 0.581. The minimum absolute atomic E-state index is 0.178. The predicted octanol–water partition coefficient (Wildman–Crippen LogP) is 3.72. The average Bonchev–Trinajstić information content (AvgIpc) is 2.70. The Morgan fingerprint density at radius 1 is 1.03 bits per heavy atom. The third-order valence-electron chi connectivity index (χ3n) is 4.97. The number of aryl methyl sites for hydroxylation is 1. The Morgan fingerprint density at radius 3 is 2.17 bits per heavy atom. The topological polar surface area (TPSA) is 75.7 Å². The number of nitrogens with zero attached hydrogens (tertiary/aromatic N) is 1. The van der Waals surface area contributed by atoms with Crippen LogP contribution in [0.25, 0.3) is 0 Å². The monoisotopic (exact) mass is 432 g/mol. The summed E-state index contributed by atoms with van der Waals surface area (Å²) in [6, 6.07) is 15.2. The third-order valence-corrected chi connectivity index (χ3v) is 6.17. The molecule has 2 rings (SSSR count). The molecule has 0 saturated heterocycles. The summed E-state index contributed by atoms with van der Waals surface area (Å²) in [5.41, 5.74) is 3.12. The number of carbonyl (C=O) groups excluding carboxylic acids is 1. The Morgan fingerprint density at radius 2 is 1.63 bits per heavy atom. The zero-order chi connectivity index (χ0) is 22.3.